The minimum absolute atomic E-state index is 0.0260. The molecule has 0 aromatic heterocycles. The number of halogens is 4. The van der Waals surface area contributed by atoms with Crippen LogP contribution in [0.4, 0.5) is 13.2 Å². The summed E-state index contributed by atoms with van der Waals surface area (Å²) < 4.78 is 134. The lowest BCUT2D eigenvalue weighted by atomic mass is 9.87. The fourth-order valence-electron chi connectivity index (χ4n) is 7.81. The van der Waals surface area contributed by atoms with Gasteiger partial charge in [-0.05, 0) is 165 Å². The Morgan fingerprint density at radius 1 is 0.363 bits per heavy atom. The Morgan fingerprint density at radius 2 is 0.659 bits per heavy atom. The number of hydrogen-bond donors (Lipinski definition) is 8. The first-order chi connectivity index (χ1) is 42.4. The van der Waals surface area contributed by atoms with E-state index in [0.717, 1.165) is 62.6 Å². The molecule has 0 amide bonds. The monoisotopic (exact) mass is 1350 g/mol. The van der Waals surface area contributed by atoms with E-state index >= 15 is 0 Å². The predicted molar refractivity (Wildman–Crippen MR) is 350 cm³/mol. The highest BCUT2D eigenvalue weighted by Crippen LogP contribution is 2.32. The van der Waals surface area contributed by atoms with Crippen LogP contribution in [0.3, 0.4) is 0 Å². The lowest BCUT2D eigenvalue weighted by molar-refractivity contribution is -0.137. The van der Waals surface area contributed by atoms with Crippen molar-refractivity contribution in [3.05, 3.63) is 258 Å². The zero-order valence-electron chi connectivity index (χ0n) is 49.1. The molecule has 0 aliphatic carbocycles. The first-order valence-electron chi connectivity index (χ1n) is 27.2. The molecule has 8 aromatic rings. The van der Waals surface area contributed by atoms with E-state index in [9.17, 15) is 87.7 Å². The molecule has 8 rings (SSSR count). The normalized spacial score (nSPS) is 12.3. The number of benzene rings is 8. The molecular weight excluding hydrogens is 1280 g/mol. The van der Waals surface area contributed by atoms with Crippen LogP contribution in [0, 0.1) is 0 Å². The van der Waals surface area contributed by atoms with Crippen LogP contribution in [-0.2, 0) is 74.6 Å². The zero-order valence-corrected chi connectivity index (χ0v) is 53.1. The Morgan fingerprint density at radius 3 is 0.956 bits per heavy atom. The standard InChI is InChI=1S/C19H22O4S.C17H18O4S.C16H13F3O4S.C15H13ClO4S/c1-19(2,3)16-7-4-15(5-8-16)13-24(22,23)11-10-14-6-9-17(20)18(21)12-14;18-16-9-8-15(13-17(16)19)10-12-22(20,21)11-4-7-14-5-2-1-3-6-14;17-16(18,19)13-4-1-12(2-5-13)10-24(22,23)8-7-11-3-6-14(20)15(21)9-11;16-13-4-1-12(2-5-13)10-21(19,20)8-7-11-3-6-14(17)15(18)9-11/h4-12,20-21H,13H2,1-3H3;1-3,5-6,8-10,12-13,18-19H,4,7,11H2;1-9,20-21H,10H2;1-9,17-18H,10H2/b11-10+;12-10+;2*8-7+. The SMILES string of the molecule is CC(C)(C)c1ccc(CS(=O)(=O)/C=C/c2ccc(O)c(O)c2)cc1.O=S(=O)(/C=C/c1ccc(O)c(O)c1)CCCc1ccccc1.O=S(=O)(/C=C/c1ccc(O)c(O)c1)Cc1ccc(C(F)(F)F)cc1.O=S(=O)(/C=C/c1ccc(O)c(O)c1)Cc1ccc(Cl)cc1. The Kier molecular flexibility index (Phi) is 25.7. The third kappa shape index (κ3) is 26.2. The van der Waals surface area contributed by atoms with E-state index in [1.54, 1.807) is 24.3 Å². The van der Waals surface area contributed by atoms with E-state index in [1.165, 1.54) is 97.1 Å². The topological polar surface area (TPSA) is 298 Å². The number of aromatic hydroxyl groups is 8. The van der Waals surface area contributed by atoms with Crippen LogP contribution >= 0.6 is 11.6 Å². The second-order valence-electron chi connectivity index (χ2n) is 21.3. The van der Waals surface area contributed by atoms with Crippen LogP contribution in [0.1, 0.15) is 82.8 Å². The van der Waals surface area contributed by atoms with Gasteiger partial charge in [-0.25, -0.2) is 33.7 Å². The maximum Gasteiger partial charge on any atom is 0.416 e. The summed E-state index contributed by atoms with van der Waals surface area (Å²) in [7, 11) is -13.9. The molecule has 24 heteroatoms. The summed E-state index contributed by atoms with van der Waals surface area (Å²) >= 11 is 5.74. The Labute approximate surface area is 532 Å². The molecule has 91 heavy (non-hydrogen) atoms. The fraction of sp³-hybridized carbons (Fsp3) is 0.164. The van der Waals surface area contributed by atoms with Crippen molar-refractivity contribution in [2.45, 2.75) is 62.5 Å². The summed E-state index contributed by atoms with van der Waals surface area (Å²) in [6, 6.07) is 43.9. The second-order valence-corrected chi connectivity index (χ2v) is 29.5. The van der Waals surface area contributed by atoms with Gasteiger partial charge >= 0.3 is 6.18 Å². The highest BCUT2D eigenvalue weighted by atomic mass is 35.5. The summed E-state index contributed by atoms with van der Waals surface area (Å²) in [4.78, 5) is 0. The first kappa shape index (κ1) is 72.7. The molecule has 0 aliphatic rings. The van der Waals surface area contributed by atoms with Gasteiger partial charge in [-0.3, -0.25) is 0 Å². The molecule has 0 unspecified atom stereocenters. The number of aryl methyl sites for hydroxylation is 1. The van der Waals surface area contributed by atoms with Gasteiger partial charge in [-0.2, -0.15) is 13.2 Å². The van der Waals surface area contributed by atoms with E-state index in [0.29, 0.717) is 45.7 Å². The molecule has 0 fully saturated rings. The number of phenols is 8. The van der Waals surface area contributed by atoms with E-state index < -0.39 is 62.6 Å². The average Bonchev–Trinajstić information content (AvgIpc) is 2.45. The highest BCUT2D eigenvalue weighted by Gasteiger charge is 2.30. The number of alkyl halides is 3. The van der Waals surface area contributed by atoms with Crippen molar-refractivity contribution in [2.75, 3.05) is 5.75 Å². The zero-order chi connectivity index (χ0) is 67.4. The predicted octanol–water partition coefficient (Wildman–Crippen LogP) is 14.1. The van der Waals surface area contributed by atoms with Gasteiger partial charge in [0.25, 0.3) is 0 Å². The molecule has 0 heterocycles. The van der Waals surface area contributed by atoms with Crippen molar-refractivity contribution >= 4 is 75.3 Å². The van der Waals surface area contributed by atoms with Gasteiger partial charge in [0.05, 0.1) is 28.6 Å². The Hall–Kier alpha value is -9.00. The van der Waals surface area contributed by atoms with E-state index in [2.05, 4.69) is 20.8 Å². The Balaban J connectivity index is 0.000000221. The Bertz CT molecular complexity index is 4190. The molecule has 16 nitrogen and oxygen atoms in total. The summed E-state index contributed by atoms with van der Waals surface area (Å²) in [6.07, 6.45) is 2.20. The van der Waals surface area contributed by atoms with Crippen LogP contribution in [0.25, 0.3) is 24.3 Å². The molecule has 0 radical (unpaired) electrons. The maximum atomic E-state index is 12.5. The maximum absolute atomic E-state index is 12.5. The first-order valence-corrected chi connectivity index (χ1v) is 34.4. The molecule has 0 saturated carbocycles. The molecule has 0 spiro atoms. The van der Waals surface area contributed by atoms with Crippen LogP contribution in [-0.4, -0.2) is 80.3 Å². The molecule has 8 N–H and O–H groups in total. The fourth-order valence-corrected chi connectivity index (χ4v) is 12.3. The van der Waals surface area contributed by atoms with Crippen molar-refractivity contribution in [1.29, 1.82) is 0 Å². The summed E-state index contributed by atoms with van der Waals surface area (Å²) in [6.45, 7) is 6.32. The molecule has 0 atom stereocenters. The number of sulfone groups is 4. The van der Waals surface area contributed by atoms with Crippen molar-refractivity contribution < 1.29 is 87.7 Å². The largest absolute Gasteiger partial charge is 0.504 e. The lowest BCUT2D eigenvalue weighted by Gasteiger charge is -2.19. The highest BCUT2D eigenvalue weighted by molar-refractivity contribution is 7.94. The van der Waals surface area contributed by atoms with Crippen molar-refractivity contribution in [3.63, 3.8) is 0 Å². The van der Waals surface area contributed by atoms with Gasteiger partial charge in [-0.1, -0.05) is 136 Å². The molecule has 482 valence electrons. The molecular formula is C67H66ClF3O16S4. The van der Waals surface area contributed by atoms with Crippen LogP contribution in [0.15, 0.2) is 198 Å². The van der Waals surface area contributed by atoms with Gasteiger partial charge in [0, 0.05) is 26.7 Å². The number of phenolic OH excluding ortho intramolecular Hbond substituents is 8. The number of hydrogen-bond acceptors (Lipinski definition) is 16. The van der Waals surface area contributed by atoms with Gasteiger partial charge < -0.3 is 40.9 Å². The van der Waals surface area contributed by atoms with Gasteiger partial charge in [0.15, 0.2) is 85.3 Å². The molecule has 0 aliphatic heterocycles. The van der Waals surface area contributed by atoms with Crippen molar-refractivity contribution in [1.82, 2.24) is 0 Å². The second kappa shape index (κ2) is 32.1. The van der Waals surface area contributed by atoms with E-state index in [1.807, 2.05) is 54.6 Å². The minimum atomic E-state index is -4.47. The van der Waals surface area contributed by atoms with Crippen LogP contribution in [0.5, 0.6) is 46.0 Å². The molecule has 0 bridgehead atoms. The van der Waals surface area contributed by atoms with Gasteiger partial charge in [-0.15, -0.1) is 0 Å². The smallest absolute Gasteiger partial charge is 0.416 e. The van der Waals surface area contributed by atoms with Crippen LogP contribution < -0.4 is 0 Å². The lowest BCUT2D eigenvalue weighted by Crippen LogP contribution is -2.11. The van der Waals surface area contributed by atoms with Crippen molar-refractivity contribution in [3.8, 4) is 46.0 Å². The number of rotatable bonds is 18. The summed E-state index contributed by atoms with van der Waals surface area (Å²) in [5, 5.41) is 79.1. The van der Waals surface area contributed by atoms with Gasteiger partial charge in [0.1, 0.15) is 0 Å². The minimum Gasteiger partial charge on any atom is -0.504 e. The summed E-state index contributed by atoms with van der Waals surface area (Å²) in [5.41, 5.74) is 4.87. The van der Waals surface area contributed by atoms with Gasteiger partial charge in [0.2, 0.25) is 0 Å². The molecule has 0 saturated heterocycles. The molecule has 8 aromatic carbocycles. The average molecular weight is 1350 g/mol. The third-order valence-corrected chi connectivity index (χ3v) is 18.2. The van der Waals surface area contributed by atoms with E-state index in [4.69, 9.17) is 11.6 Å². The van der Waals surface area contributed by atoms with Crippen LogP contribution in [0.2, 0.25) is 5.02 Å². The van der Waals surface area contributed by atoms with Crippen molar-refractivity contribution in [2.24, 2.45) is 0 Å². The summed E-state index contributed by atoms with van der Waals surface area (Å²) in [5.74, 6) is -2.91. The third-order valence-electron chi connectivity index (χ3n) is 12.7. The van der Waals surface area contributed by atoms with E-state index in [-0.39, 0.29) is 68.5 Å². The quantitative estimate of drug-likeness (QED) is 0.0370.